The number of ketones is 21. The van der Waals surface area contributed by atoms with E-state index >= 15 is 67.1 Å². The van der Waals surface area contributed by atoms with Gasteiger partial charge in [-0.05, 0) is 151 Å². The van der Waals surface area contributed by atoms with Gasteiger partial charge in [0.05, 0.1) is 0 Å². The highest BCUT2D eigenvalue weighted by atomic mass is 16.2. The van der Waals surface area contributed by atoms with Crippen LogP contribution >= 0.6 is 0 Å². The fourth-order valence-corrected chi connectivity index (χ4v) is 14.6. The number of Topliss-reactive ketones (excluding diaryl/α,β-unsaturated/α-hetero) is 21. The van der Waals surface area contributed by atoms with Crippen molar-refractivity contribution < 1.29 is 101 Å². The van der Waals surface area contributed by atoms with Gasteiger partial charge in [0.2, 0.25) is 0 Å². The lowest BCUT2D eigenvalue weighted by Gasteiger charge is -2.67. The van der Waals surface area contributed by atoms with E-state index in [0.717, 1.165) is 13.8 Å². The summed E-state index contributed by atoms with van der Waals surface area (Å²) < 4.78 is 0. The Labute approximate surface area is 443 Å². The van der Waals surface area contributed by atoms with Crippen LogP contribution in [0.1, 0.15) is 192 Å². The van der Waals surface area contributed by atoms with Gasteiger partial charge in [-0.3, -0.25) is 101 Å². The largest absolute Gasteiger partial charge is 0.299 e. The molecule has 0 aliphatic rings. The van der Waals surface area contributed by atoms with E-state index in [0.29, 0.717) is 48.5 Å². The molecule has 0 aliphatic carbocycles. The average Bonchev–Trinajstić information content (AvgIpc) is 3.22. The van der Waals surface area contributed by atoms with Crippen LogP contribution in [0, 0.1) is 44.0 Å². The predicted molar refractivity (Wildman–Crippen MR) is 266 cm³/mol. The Hall–Kier alpha value is -7.71. The molecule has 0 unspecified atom stereocenters. The molecule has 0 fully saturated rings. The van der Waals surface area contributed by atoms with Crippen molar-refractivity contribution in [2.24, 2.45) is 37.9 Å². The van der Waals surface area contributed by atoms with Crippen molar-refractivity contribution in [2.45, 2.75) is 151 Å². The third-order valence-corrected chi connectivity index (χ3v) is 15.9. The van der Waals surface area contributed by atoms with Crippen molar-refractivity contribution in [3.05, 3.63) is 33.9 Å². The van der Waals surface area contributed by atoms with Crippen LogP contribution in [0.4, 0.5) is 0 Å². The zero-order valence-electron chi connectivity index (χ0n) is 47.1. The standard InChI is InChI=1S/C56H63O21/c1-23(57)44-22-45(24(2)58)47(26(4)60)48(46(44)25(3)59)50(30(8)64,31(9)65)52(34(12)68,35(13)69)54(38(16)72,39(17)73)56(42(20)76,43(21)77)55(40(18)74,41(19)75)53(36(14)70,37(15)71)51(32(10)66,33(11)67)49(27(5)61,28(6)62)29(7)63/h1-21H3. The molecule has 0 bridgehead atoms. The van der Waals surface area contributed by atoms with Gasteiger partial charge in [0.25, 0.3) is 0 Å². The fraction of sp³-hybridized carbons (Fsp3) is 0.518. The van der Waals surface area contributed by atoms with Gasteiger partial charge < -0.3 is 0 Å². The summed E-state index contributed by atoms with van der Waals surface area (Å²) >= 11 is 0. The zero-order chi connectivity index (χ0) is 61.7. The number of benzene rings is 1. The molecule has 21 nitrogen and oxygen atoms in total. The number of rotatable bonds is 29. The molecule has 0 aliphatic heterocycles. The molecule has 21 heteroatoms. The van der Waals surface area contributed by atoms with Gasteiger partial charge in [-0.1, -0.05) is 0 Å². The van der Waals surface area contributed by atoms with Gasteiger partial charge in [0.1, 0.15) is 119 Å². The van der Waals surface area contributed by atoms with Gasteiger partial charge in [-0.25, -0.2) is 0 Å². The van der Waals surface area contributed by atoms with E-state index in [1.165, 1.54) is 0 Å². The van der Waals surface area contributed by atoms with E-state index in [9.17, 15) is 33.6 Å². The summed E-state index contributed by atoms with van der Waals surface area (Å²) in [7, 11) is 0. The Bertz CT molecular complexity index is 2900. The predicted octanol–water partition coefficient (Wildman–Crippen LogP) is 3.45. The molecule has 0 amide bonds. The van der Waals surface area contributed by atoms with Crippen LogP contribution < -0.4 is 0 Å². The lowest BCUT2D eigenvalue weighted by atomic mass is 9.24. The summed E-state index contributed by atoms with van der Waals surface area (Å²) in [5, 5.41) is 0. The van der Waals surface area contributed by atoms with Crippen molar-refractivity contribution in [3.63, 3.8) is 0 Å². The molecule has 1 aromatic rings. The molecule has 0 atom stereocenters. The van der Waals surface area contributed by atoms with E-state index in [-0.39, 0.29) is 83.1 Å². The first-order valence-electron chi connectivity index (χ1n) is 23.5. The van der Waals surface area contributed by atoms with Crippen LogP contribution in [0.3, 0.4) is 0 Å². The lowest BCUT2D eigenvalue weighted by Crippen LogP contribution is -2.87. The Balaban J connectivity index is 6.92. The number of carbonyl (C=O) groups excluding carboxylic acids is 21. The summed E-state index contributed by atoms with van der Waals surface area (Å²) in [4.78, 5) is 322. The third kappa shape index (κ3) is 7.56. The van der Waals surface area contributed by atoms with Crippen LogP contribution in [0.2, 0.25) is 0 Å². The molecule has 0 N–H and O–H groups in total. The number of hydrogen-bond acceptors (Lipinski definition) is 21. The van der Waals surface area contributed by atoms with E-state index in [1.54, 1.807) is 0 Å². The summed E-state index contributed by atoms with van der Waals surface area (Å²) in [5.74, 6) is -42.2. The van der Waals surface area contributed by atoms with Crippen molar-refractivity contribution in [1.29, 1.82) is 0 Å². The van der Waals surface area contributed by atoms with Crippen LogP contribution in [-0.2, 0) is 86.9 Å². The highest BCUT2D eigenvalue weighted by Gasteiger charge is 2.95. The van der Waals surface area contributed by atoms with Crippen LogP contribution in [0.5, 0.6) is 0 Å². The van der Waals surface area contributed by atoms with Crippen LogP contribution in [-0.4, -0.2) is 121 Å². The van der Waals surface area contributed by atoms with Crippen molar-refractivity contribution in [3.8, 4) is 0 Å². The van der Waals surface area contributed by atoms with E-state index < -0.39 is 193 Å². The molecule has 0 saturated carbocycles. The second-order valence-electron chi connectivity index (χ2n) is 19.7. The van der Waals surface area contributed by atoms with E-state index in [1.807, 2.05) is 0 Å². The van der Waals surface area contributed by atoms with Gasteiger partial charge in [-0.15, -0.1) is 0 Å². The first-order valence-corrected chi connectivity index (χ1v) is 23.5. The minimum atomic E-state index is -5.05. The topological polar surface area (TPSA) is 358 Å². The number of carbonyl (C=O) groups is 21. The molecule has 1 aromatic carbocycles. The van der Waals surface area contributed by atoms with Crippen molar-refractivity contribution in [2.75, 3.05) is 0 Å². The first kappa shape index (κ1) is 67.3. The first-order chi connectivity index (χ1) is 34.7. The lowest BCUT2D eigenvalue weighted by molar-refractivity contribution is -0.224. The minimum Gasteiger partial charge on any atom is -0.299 e. The average molecular weight is 1070 g/mol. The quantitative estimate of drug-likeness (QED) is 0.0819. The molecule has 413 valence electrons. The molecule has 77 heavy (non-hydrogen) atoms. The molecular formula is C56H63O21. The summed E-state index contributed by atoms with van der Waals surface area (Å²) in [6.45, 7) is 7.13. The van der Waals surface area contributed by atoms with E-state index in [4.69, 9.17) is 0 Å². The molecule has 0 heterocycles. The maximum Gasteiger partial charge on any atom is 0.165 e. The SMILES string of the molecule is CC(=O)c1[c]c(C(C)=O)c(C(C)=O)c(C(C(C)=O)(C(C)=O)C(C(C)=O)(C(C)=O)C(C(C)=O)(C(C)=O)C(C(C)=O)(C(C)=O)C(C(C)=O)(C(C)=O)C(C(C)=O)(C(C)=O)C(C(C)=O)(C(C)=O)C(C(C)=O)(C(C)=O)C(C)=O)c1C(C)=O. The fourth-order valence-electron chi connectivity index (χ4n) is 14.6. The zero-order valence-corrected chi connectivity index (χ0v) is 47.1. The van der Waals surface area contributed by atoms with Gasteiger partial charge in [-0.2, -0.15) is 0 Å². The summed E-state index contributed by atoms with van der Waals surface area (Å²) in [5.41, 5.74) is -44.2. The number of hydrogen-bond donors (Lipinski definition) is 0. The highest BCUT2D eigenvalue weighted by molar-refractivity contribution is 6.40. The summed E-state index contributed by atoms with van der Waals surface area (Å²) in [6, 6.07) is 2.29. The molecule has 1 radical (unpaired) electrons. The maximum atomic E-state index is 16.1. The van der Waals surface area contributed by atoms with Gasteiger partial charge in [0.15, 0.2) is 45.9 Å². The Morgan fingerprint density at radius 2 is 0.403 bits per heavy atom. The van der Waals surface area contributed by atoms with E-state index in [2.05, 4.69) is 6.07 Å². The Morgan fingerprint density at radius 3 is 0.545 bits per heavy atom. The summed E-state index contributed by atoms with van der Waals surface area (Å²) in [6.07, 6.45) is 0. The molecule has 1 rings (SSSR count). The Kier molecular flexibility index (Phi) is 19.0. The van der Waals surface area contributed by atoms with Crippen molar-refractivity contribution in [1.82, 2.24) is 0 Å². The molecular weight excluding hydrogens is 1010 g/mol. The smallest absolute Gasteiger partial charge is 0.165 e. The second-order valence-corrected chi connectivity index (χ2v) is 19.7. The molecule has 0 spiro atoms. The minimum absolute atomic E-state index is 0.167. The molecule has 0 aromatic heterocycles. The third-order valence-electron chi connectivity index (χ3n) is 15.9. The van der Waals surface area contributed by atoms with Crippen LogP contribution in [0.15, 0.2) is 0 Å². The maximum absolute atomic E-state index is 16.1. The Morgan fingerprint density at radius 1 is 0.221 bits per heavy atom. The van der Waals surface area contributed by atoms with Crippen molar-refractivity contribution >= 4 is 121 Å². The van der Waals surface area contributed by atoms with Gasteiger partial charge >= 0.3 is 0 Å². The highest BCUT2D eigenvalue weighted by Crippen LogP contribution is 2.76. The normalized spacial score (nSPS) is 12.5. The monoisotopic (exact) mass is 1070 g/mol. The molecule has 0 saturated heterocycles. The second kappa shape index (κ2) is 21.7. The van der Waals surface area contributed by atoms with Crippen LogP contribution in [0.25, 0.3) is 0 Å². The van der Waals surface area contributed by atoms with Gasteiger partial charge in [0, 0.05) is 28.3 Å².